The van der Waals surface area contributed by atoms with Crippen LogP contribution in [-0.4, -0.2) is 125 Å². The molecule has 0 aliphatic rings. The van der Waals surface area contributed by atoms with E-state index in [1.54, 1.807) is 12.1 Å². The molecule has 0 radical (unpaired) electrons. The number of hydrogen-bond acceptors (Lipinski definition) is 13. The zero-order valence-electron chi connectivity index (χ0n) is 32.6. The van der Waals surface area contributed by atoms with Gasteiger partial charge in [0.05, 0.1) is 56.7 Å². The molecule has 19 heteroatoms. The first-order valence-corrected chi connectivity index (χ1v) is 20.9. The summed E-state index contributed by atoms with van der Waals surface area (Å²) in [6.07, 6.45) is 15.9. The maximum Gasteiger partial charge on any atom is 0.329 e. The lowest BCUT2D eigenvalue weighted by molar-refractivity contribution is -0.143. The van der Waals surface area contributed by atoms with Crippen LogP contribution in [0.2, 0.25) is 0 Å². The number of nitrogens with one attached hydrogen (secondary N) is 3. The molecule has 1 aromatic heterocycles. The fourth-order valence-electron chi connectivity index (χ4n) is 5.14. The van der Waals surface area contributed by atoms with Gasteiger partial charge in [-0.15, -0.1) is 0 Å². The third-order valence-electron chi connectivity index (χ3n) is 8.13. The van der Waals surface area contributed by atoms with Crippen molar-refractivity contribution >= 4 is 39.7 Å². The summed E-state index contributed by atoms with van der Waals surface area (Å²) in [6, 6.07) is 6.07. The number of sulfonamides is 1. The maximum atomic E-state index is 12.9. The van der Waals surface area contributed by atoms with Crippen molar-refractivity contribution in [1.29, 1.82) is 0 Å². The quantitative estimate of drug-likeness (QED) is 0.0613. The maximum absolute atomic E-state index is 12.9. The first-order valence-electron chi connectivity index (χ1n) is 19.4. The van der Waals surface area contributed by atoms with E-state index in [1.807, 2.05) is 0 Å². The van der Waals surface area contributed by atoms with Crippen LogP contribution in [0.1, 0.15) is 93.8 Å². The Morgan fingerprint density at radius 1 is 0.579 bits per heavy atom. The number of nitrogens with zero attached hydrogens (tertiary/aromatic N) is 2. The molecule has 0 bridgehead atoms. The number of benzene rings is 1. The second-order valence-corrected chi connectivity index (χ2v) is 14.6. The molecule has 5 N–H and O–H groups in total. The van der Waals surface area contributed by atoms with Crippen LogP contribution in [0.15, 0.2) is 41.6 Å². The first-order chi connectivity index (χ1) is 27.6. The van der Waals surface area contributed by atoms with Crippen LogP contribution in [0.5, 0.6) is 5.75 Å². The van der Waals surface area contributed by atoms with Gasteiger partial charge in [0, 0.05) is 31.9 Å². The third-order valence-corrected chi connectivity index (χ3v) is 9.47. The molecule has 57 heavy (non-hydrogen) atoms. The number of aromatic nitrogens is 2. The van der Waals surface area contributed by atoms with Crippen molar-refractivity contribution in [3.05, 3.63) is 42.2 Å². The number of aliphatic carboxylic acids is 2. The average Bonchev–Trinajstić information content (AvgIpc) is 3.18. The van der Waals surface area contributed by atoms with Crippen LogP contribution in [0, 0.1) is 0 Å². The molecule has 0 fully saturated rings. The summed E-state index contributed by atoms with van der Waals surface area (Å²) in [5.74, 6) is -2.20. The summed E-state index contributed by atoms with van der Waals surface area (Å²) in [7, 11) is -3.98. The van der Waals surface area contributed by atoms with Crippen molar-refractivity contribution in [1.82, 2.24) is 20.6 Å². The van der Waals surface area contributed by atoms with Crippen LogP contribution in [0.4, 0.5) is 5.95 Å². The molecular weight excluding hydrogens is 767 g/mol. The summed E-state index contributed by atoms with van der Waals surface area (Å²) in [5.41, 5.74) is 0.125. The highest BCUT2D eigenvalue weighted by Gasteiger charge is 2.17. The molecule has 0 atom stereocenters. The van der Waals surface area contributed by atoms with Crippen molar-refractivity contribution in [3.63, 3.8) is 0 Å². The SMILES string of the molecule is O=C(O)CCCCCCCCCCCCCCOc1ccc(S(=O)(=O)Nc2ncc(C(=O)NCCOCCOCC(=O)NCCOCCOCC(=O)O)cn2)cc1. The predicted molar refractivity (Wildman–Crippen MR) is 209 cm³/mol. The zero-order chi connectivity index (χ0) is 41.4. The summed E-state index contributed by atoms with van der Waals surface area (Å²) in [5, 5.41) is 22.4. The standard InChI is InChI=1S/C38H59N5O13S/c44-34(39-18-21-52-24-26-55-30-36(47)48)29-54-25-23-53-22-19-40-37(49)31-27-41-38(42-28-31)43-57(50,51)33-16-14-32(15-17-33)56-20-12-10-8-6-4-2-1-3-5-7-9-11-13-35(45)46/h14-17,27-28H,1-13,18-26,29-30H2,(H,39,44)(H,40,49)(H,45,46)(H,47,48)(H,41,42,43). The minimum Gasteiger partial charge on any atom is -0.494 e. The molecule has 18 nitrogen and oxygen atoms in total. The van der Waals surface area contributed by atoms with Crippen LogP contribution in [-0.2, 0) is 43.4 Å². The Morgan fingerprint density at radius 3 is 1.65 bits per heavy atom. The molecular formula is C38H59N5O13S. The van der Waals surface area contributed by atoms with Gasteiger partial charge < -0.3 is 44.5 Å². The number of unbranched alkanes of at least 4 members (excludes halogenated alkanes) is 11. The Morgan fingerprint density at radius 2 is 1.09 bits per heavy atom. The van der Waals surface area contributed by atoms with E-state index in [1.165, 1.54) is 63.1 Å². The van der Waals surface area contributed by atoms with Crippen molar-refractivity contribution < 1.29 is 61.5 Å². The number of hydrogen-bond donors (Lipinski definition) is 5. The highest BCUT2D eigenvalue weighted by molar-refractivity contribution is 7.92. The summed E-state index contributed by atoms with van der Waals surface area (Å²) in [4.78, 5) is 52.9. The Labute approximate surface area is 334 Å². The molecule has 0 aliphatic carbocycles. The summed E-state index contributed by atoms with van der Waals surface area (Å²) >= 11 is 0. The molecule has 0 saturated heterocycles. The van der Waals surface area contributed by atoms with Gasteiger partial charge >= 0.3 is 11.9 Å². The molecule has 0 unspecified atom stereocenters. The molecule has 1 aromatic carbocycles. The second kappa shape index (κ2) is 30.7. The largest absolute Gasteiger partial charge is 0.494 e. The minimum absolute atomic E-state index is 0.00758. The number of carbonyl (C=O) groups excluding carboxylic acids is 2. The smallest absolute Gasteiger partial charge is 0.329 e. The van der Waals surface area contributed by atoms with Crippen molar-refractivity contribution in [2.45, 2.75) is 88.4 Å². The fraction of sp³-hybridized carbons (Fsp3) is 0.632. The van der Waals surface area contributed by atoms with E-state index in [4.69, 9.17) is 33.9 Å². The molecule has 2 rings (SSSR count). The van der Waals surface area contributed by atoms with Crippen molar-refractivity contribution in [2.24, 2.45) is 0 Å². The number of rotatable bonds is 36. The van der Waals surface area contributed by atoms with Gasteiger partial charge in [-0.1, -0.05) is 64.2 Å². The van der Waals surface area contributed by atoms with Gasteiger partial charge in [-0.3, -0.25) is 14.4 Å². The van der Waals surface area contributed by atoms with E-state index in [0.717, 1.165) is 38.5 Å². The highest BCUT2D eigenvalue weighted by Crippen LogP contribution is 2.19. The number of anilines is 1. The molecule has 0 saturated carbocycles. The number of carboxylic acids is 2. The van der Waals surface area contributed by atoms with Gasteiger partial charge in [-0.2, -0.15) is 0 Å². The average molecular weight is 826 g/mol. The zero-order valence-corrected chi connectivity index (χ0v) is 33.4. The number of ether oxygens (including phenoxy) is 5. The van der Waals surface area contributed by atoms with Gasteiger partial charge in [0.2, 0.25) is 11.9 Å². The molecule has 320 valence electrons. The van der Waals surface area contributed by atoms with Gasteiger partial charge in [-0.05, 0) is 37.1 Å². The van der Waals surface area contributed by atoms with Crippen LogP contribution >= 0.6 is 0 Å². The highest BCUT2D eigenvalue weighted by atomic mass is 32.2. The van der Waals surface area contributed by atoms with Crippen LogP contribution in [0.3, 0.4) is 0 Å². The second-order valence-electron chi connectivity index (χ2n) is 12.9. The van der Waals surface area contributed by atoms with E-state index in [-0.39, 0.29) is 88.1 Å². The molecule has 1 heterocycles. The van der Waals surface area contributed by atoms with E-state index < -0.39 is 34.5 Å². The minimum atomic E-state index is -3.98. The first kappa shape index (κ1) is 48.7. The van der Waals surface area contributed by atoms with E-state index in [2.05, 4.69) is 25.3 Å². The molecule has 2 amide bonds. The lowest BCUT2D eigenvalue weighted by Crippen LogP contribution is -2.31. The monoisotopic (exact) mass is 825 g/mol. The molecule has 0 spiro atoms. The predicted octanol–water partition coefficient (Wildman–Crippen LogP) is 3.81. The van der Waals surface area contributed by atoms with Crippen LogP contribution < -0.4 is 20.1 Å². The van der Waals surface area contributed by atoms with Gasteiger partial charge in [-0.25, -0.2) is 27.9 Å². The van der Waals surface area contributed by atoms with Gasteiger partial charge in [0.25, 0.3) is 15.9 Å². The third kappa shape index (κ3) is 25.4. The Hall–Kier alpha value is -4.43. The Kier molecular flexibility index (Phi) is 26.2. The van der Waals surface area contributed by atoms with E-state index >= 15 is 0 Å². The number of carboxylic acid groups (broad SMARTS) is 2. The van der Waals surface area contributed by atoms with Crippen LogP contribution in [0.25, 0.3) is 0 Å². The van der Waals surface area contributed by atoms with E-state index in [0.29, 0.717) is 12.4 Å². The lowest BCUT2D eigenvalue weighted by atomic mass is 10.0. The Balaban J connectivity index is 1.50. The Bertz CT molecular complexity index is 1530. The van der Waals surface area contributed by atoms with E-state index in [9.17, 15) is 27.6 Å². The van der Waals surface area contributed by atoms with Crippen molar-refractivity contribution in [2.75, 3.05) is 77.3 Å². The number of carbonyl (C=O) groups is 4. The van der Waals surface area contributed by atoms with Crippen molar-refractivity contribution in [3.8, 4) is 5.75 Å². The fourth-order valence-corrected chi connectivity index (χ4v) is 6.10. The summed E-state index contributed by atoms with van der Waals surface area (Å²) < 4.78 is 54.4. The lowest BCUT2D eigenvalue weighted by Gasteiger charge is -2.10. The number of amides is 2. The van der Waals surface area contributed by atoms with Gasteiger partial charge in [0.1, 0.15) is 19.0 Å². The summed E-state index contributed by atoms with van der Waals surface area (Å²) in [6.45, 7) is 1.56. The normalized spacial score (nSPS) is 11.2. The van der Waals surface area contributed by atoms with Gasteiger partial charge in [0.15, 0.2) is 0 Å². The topological polar surface area (TPSA) is 251 Å². The molecule has 2 aromatic rings. The molecule has 0 aliphatic heterocycles.